The van der Waals surface area contributed by atoms with Crippen LogP contribution >= 0.6 is 0 Å². The van der Waals surface area contributed by atoms with E-state index in [-0.39, 0.29) is 0 Å². The van der Waals surface area contributed by atoms with Gasteiger partial charge in [-0.1, -0.05) is 42.5 Å². The summed E-state index contributed by atoms with van der Waals surface area (Å²) in [7, 11) is 0. The van der Waals surface area contributed by atoms with Gasteiger partial charge in [0.25, 0.3) is 0 Å². The highest BCUT2D eigenvalue weighted by molar-refractivity contribution is 5.14. The lowest BCUT2D eigenvalue weighted by Gasteiger charge is -2.31. The van der Waals surface area contributed by atoms with Gasteiger partial charge in [-0.2, -0.15) is 0 Å². The highest BCUT2D eigenvalue weighted by atomic mass is 15.1. The van der Waals surface area contributed by atoms with E-state index in [1.807, 2.05) is 0 Å². The van der Waals surface area contributed by atoms with Gasteiger partial charge >= 0.3 is 0 Å². The average molecular weight is 230 g/mol. The van der Waals surface area contributed by atoms with Gasteiger partial charge in [0.15, 0.2) is 0 Å². The van der Waals surface area contributed by atoms with Crippen molar-refractivity contribution in [2.24, 2.45) is 11.7 Å². The normalized spacial score (nSPS) is 22.1. The quantitative estimate of drug-likeness (QED) is 0.805. The number of hydrogen-bond donors (Lipinski definition) is 1. The number of likely N-dealkylation sites (tertiary alicyclic amines) is 1. The molecule has 1 aromatic rings. The fourth-order valence-corrected chi connectivity index (χ4v) is 2.50. The Morgan fingerprint density at radius 3 is 2.88 bits per heavy atom. The zero-order chi connectivity index (χ0) is 11.9. The largest absolute Gasteiger partial charge is 0.327 e. The minimum absolute atomic E-state index is 0.662. The van der Waals surface area contributed by atoms with E-state index in [0.717, 1.165) is 6.54 Å². The number of benzene rings is 1. The Morgan fingerprint density at radius 2 is 2.12 bits per heavy atom. The third-order valence-corrected chi connectivity index (χ3v) is 3.34. The molecule has 1 unspecified atom stereocenters. The van der Waals surface area contributed by atoms with Crippen molar-refractivity contribution in [3.63, 3.8) is 0 Å². The highest BCUT2D eigenvalue weighted by Gasteiger charge is 2.17. The topological polar surface area (TPSA) is 29.3 Å². The lowest BCUT2D eigenvalue weighted by Crippen LogP contribution is -2.34. The van der Waals surface area contributed by atoms with Crippen molar-refractivity contribution >= 4 is 0 Å². The van der Waals surface area contributed by atoms with E-state index in [1.165, 1.54) is 31.5 Å². The van der Waals surface area contributed by atoms with Crippen molar-refractivity contribution in [1.82, 2.24) is 4.90 Å². The molecular formula is C15H22N2. The summed E-state index contributed by atoms with van der Waals surface area (Å²) < 4.78 is 0. The summed E-state index contributed by atoms with van der Waals surface area (Å²) in [5.41, 5.74) is 6.92. The van der Waals surface area contributed by atoms with E-state index in [0.29, 0.717) is 12.5 Å². The van der Waals surface area contributed by atoms with Crippen LogP contribution in [0.15, 0.2) is 42.5 Å². The summed E-state index contributed by atoms with van der Waals surface area (Å²) in [5.74, 6) is 0.691. The van der Waals surface area contributed by atoms with E-state index < -0.39 is 0 Å². The van der Waals surface area contributed by atoms with Gasteiger partial charge in [0, 0.05) is 19.6 Å². The van der Waals surface area contributed by atoms with Crippen LogP contribution in [0.5, 0.6) is 0 Å². The first-order valence-electron chi connectivity index (χ1n) is 6.51. The van der Waals surface area contributed by atoms with Crippen molar-refractivity contribution in [2.45, 2.75) is 19.4 Å². The molecule has 0 bridgehead atoms. The van der Waals surface area contributed by atoms with Crippen molar-refractivity contribution in [3.8, 4) is 0 Å². The van der Waals surface area contributed by atoms with E-state index in [2.05, 4.69) is 47.4 Å². The standard InChI is InChI=1S/C15H22N2/c16-10-4-8-15-9-5-11-17(13-15)12-14-6-2-1-3-7-14/h1-4,6-8,15H,5,9-13,16H2/b8-4+. The van der Waals surface area contributed by atoms with E-state index in [1.54, 1.807) is 0 Å². The van der Waals surface area contributed by atoms with Crippen LogP contribution in [0.4, 0.5) is 0 Å². The molecule has 0 aliphatic carbocycles. The van der Waals surface area contributed by atoms with Gasteiger partial charge in [-0.05, 0) is 30.9 Å². The van der Waals surface area contributed by atoms with Gasteiger partial charge < -0.3 is 5.73 Å². The maximum Gasteiger partial charge on any atom is 0.0233 e. The third-order valence-electron chi connectivity index (χ3n) is 3.34. The molecule has 0 radical (unpaired) electrons. The van der Waals surface area contributed by atoms with E-state index in [9.17, 15) is 0 Å². The number of rotatable bonds is 4. The van der Waals surface area contributed by atoms with E-state index >= 15 is 0 Å². The summed E-state index contributed by atoms with van der Waals surface area (Å²) >= 11 is 0. The number of hydrogen-bond acceptors (Lipinski definition) is 2. The molecule has 92 valence electrons. The maximum absolute atomic E-state index is 5.50. The monoisotopic (exact) mass is 230 g/mol. The lowest BCUT2D eigenvalue weighted by molar-refractivity contribution is 0.189. The van der Waals surface area contributed by atoms with Crippen LogP contribution in [0.1, 0.15) is 18.4 Å². The van der Waals surface area contributed by atoms with Crippen LogP contribution in [0.25, 0.3) is 0 Å². The van der Waals surface area contributed by atoms with Crippen molar-refractivity contribution < 1.29 is 0 Å². The zero-order valence-electron chi connectivity index (χ0n) is 10.4. The van der Waals surface area contributed by atoms with Gasteiger partial charge in [0.1, 0.15) is 0 Å². The van der Waals surface area contributed by atoms with Crippen LogP contribution < -0.4 is 5.73 Å². The van der Waals surface area contributed by atoms with Crippen molar-refractivity contribution in [1.29, 1.82) is 0 Å². The third kappa shape index (κ3) is 3.99. The molecule has 1 aromatic carbocycles. The molecule has 1 heterocycles. The van der Waals surface area contributed by atoms with Crippen LogP contribution in [-0.4, -0.2) is 24.5 Å². The summed E-state index contributed by atoms with van der Waals surface area (Å²) in [5, 5.41) is 0. The Hall–Kier alpha value is -1.12. The summed E-state index contributed by atoms with van der Waals surface area (Å²) in [4.78, 5) is 2.55. The van der Waals surface area contributed by atoms with Crippen molar-refractivity contribution in [2.75, 3.05) is 19.6 Å². The first kappa shape index (κ1) is 12.3. The molecule has 2 N–H and O–H groups in total. The smallest absolute Gasteiger partial charge is 0.0233 e. The van der Waals surface area contributed by atoms with E-state index in [4.69, 9.17) is 5.73 Å². The summed E-state index contributed by atoms with van der Waals surface area (Å²) in [6.07, 6.45) is 6.99. The molecule has 2 heteroatoms. The molecule has 1 atom stereocenters. The molecule has 2 nitrogen and oxygen atoms in total. The minimum Gasteiger partial charge on any atom is -0.327 e. The van der Waals surface area contributed by atoms with Crippen LogP contribution in [0.3, 0.4) is 0 Å². The van der Waals surface area contributed by atoms with Gasteiger partial charge in [-0.3, -0.25) is 4.90 Å². The first-order valence-corrected chi connectivity index (χ1v) is 6.51. The number of piperidine rings is 1. The van der Waals surface area contributed by atoms with Crippen LogP contribution in [0.2, 0.25) is 0 Å². The van der Waals surface area contributed by atoms with Gasteiger partial charge in [0.05, 0.1) is 0 Å². The van der Waals surface area contributed by atoms with Gasteiger partial charge in [-0.25, -0.2) is 0 Å². The Morgan fingerprint density at radius 1 is 1.29 bits per heavy atom. The molecule has 1 saturated heterocycles. The Kier molecular flexibility index (Phi) is 4.77. The first-order chi connectivity index (χ1) is 8.38. The summed E-state index contributed by atoms with van der Waals surface area (Å²) in [6.45, 7) is 4.14. The molecule has 0 aromatic heterocycles. The van der Waals surface area contributed by atoms with Gasteiger partial charge in [-0.15, -0.1) is 0 Å². The highest BCUT2D eigenvalue weighted by Crippen LogP contribution is 2.19. The average Bonchev–Trinajstić information content (AvgIpc) is 2.38. The fourth-order valence-electron chi connectivity index (χ4n) is 2.50. The fraction of sp³-hybridized carbons (Fsp3) is 0.467. The molecule has 2 rings (SSSR count). The molecule has 1 fully saturated rings. The Labute approximate surface area is 104 Å². The molecule has 1 aliphatic rings. The van der Waals surface area contributed by atoms with Gasteiger partial charge in [0.2, 0.25) is 0 Å². The second-order valence-electron chi connectivity index (χ2n) is 4.79. The maximum atomic E-state index is 5.50. The molecule has 0 saturated carbocycles. The van der Waals surface area contributed by atoms with Crippen LogP contribution in [0, 0.1) is 5.92 Å². The molecular weight excluding hydrogens is 208 g/mol. The molecule has 1 aliphatic heterocycles. The number of nitrogens with two attached hydrogens (primary N) is 1. The second kappa shape index (κ2) is 6.58. The minimum atomic E-state index is 0.662. The molecule has 0 spiro atoms. The Bertz CT molecular complexity index is 345. The predicted octanol–water partition coefficient (Wildman–Crippen LogP) is 2.41. The second-order valence-corrected chi connectivity index (χ2v) is 4.79. The van der Waals surface area contributed by atoms with Crippen LogP contribution in [-0.2, 0) is 6.54 Å². The Balaban J connectivity index is 1.87. The SMILES string of the molecule is NC/C=C/C1CCCN(Cc2ccccc2)C1. The van der Waals surface area contributed by atoms with Crippen molar-refractivity contribution in [3.05, 3.63) is 48.0 Å². The number of nitrogens with zero attached hydrogens (tertiary/aromatic N) is 1. The zero-order valence-corrected chi connectivity index (χ0v) is 10.4. The predicted molar refractivity (Wildman–Crippen MR) is 72.6 cm³/mol. The molecule has 0 amide bonds. The summed E-state index contributed by atoms with van der Waals surface area (Å²) in [6, 6.07) is 10.7. The molecule has 17 heavy (non-hydrogen) atoms. The lowest BCUT2D eigenvalue weighted by atomic mass is 9.97.